The molecule has 1 aromatic heterocycles. The summed E-state index contributed by atoms with van der Waals surface area (Å²) < 4.78 is 40.9. The van der Waals surface area contributed by atoms with Gasteiger partial charge in [0.05, 0.1) is 23.5 Å². The van der Waals surface area contributed by atoms with Gasteiger partial charge in [-0.05, 0) is 49.4 Å². The van der Waals surface area contributed by atoms with E-state index in [1.165, 1.54) is 25.2 Å². The van der Waals surface area contributed by atoms with Gasteiger partial charge in [0.2, 0.25) is 5.91 Å². The number of carbonyl (C=O) groups excluding carboxylic acids is 2. The van der Waals surface area contributed by atoms with Crippen molar-refractivity contribution in [3.8, 4) is 5.69 Å². The highest BCUT2D eigenvalue weighted by atomic mass is 19.4. The second-order valence-corrected chi connectivity index (χ2v) is 6.68. The normalized spacial score (nSPS) is 11.2. The molecule has 0 unspecified atom stereocenters. The molecule has 0 spiro atoms. The van der Waals surface area contributed by atoms with Gasteiger partial charge in [0.15, 0.2) is 0 Å². The summed E-state index contributed by atoms with van der Waals surface area (Å²) in [4.78, 5) is 25.9. The molecule has 156 valence electrons. The molecular weight excluding hydrogens is 397 g/mol. The SMILES string of the molecule is Cc1ccnn1-c1ccc(C(=O)N(C)CC(=O)Nc2ccccc2C(F)(F)F)cc1. The van der Waals surface area contributed by atoms with E-state index in [1.807, 2.05) is 13.0 Å². The molecule has 0 saturated heterocycles. The smallest absolute Gasteiger partial charge is 0.332 e. The fraction of sp³-hybridized carbons (Fsp3) is 0.190. The van der Waals surface area contributed by atoms with Crippen molar-refractivity contribution in [3.63, 3.8) is 0 Å². The van der Waals surface area contributed by atoms with E-state index < -0.39 is 30.1 Å². The Kier molecular flexibility index (Phi) is 5.91. The zero-order chi connectivity index (χ0) is 21.9. The Morgan fingerprint density at radius 2 is 1.73 bits per heavy atom. The van der Waals surface area contributed by atoms with Crippen LogP contribution in [-0.4, -0.2) is 40.1 Å². The molecule has 0 bridgehead atoms. The lowest BCUT2D eigenvalue weighted by atomic mass is 10.1. The molecule has 9 heteroatoms. The Hall–Kier alpha value is -3.62. The number of rotatable bonds is 5. The van der Waals surface area contributed by atoms with Crippen LogP contribution in [-0.2, 0) is 11.0 Å². The first-order valence-electron chi connectivity index (χ1n) is 8.99. The van der Waals surface area contributed by atoms with E-state index in [2.05, 4.69) is 10.4 Å². The third kappa shape index (κ3) is 4.68. The van der Waals surface area contributed by atoms with E-state index in [4.69, 9.17) is 0 Å². The minimum Gasteiger partial charge on any atom is -0.332 e. The predicted molar refractivity (Wildman–Crippen MR) is 105 cm³/mol. The van der Waals surface area contributed by atoms with Crippen molar-refractivity contribution in [2.24, 2.45) is 0 Å². The highest BCUT2D eigenvalue weighted by Gasteiger charge is 2.33. The Bertz CT molecular complexity index is 1060. The highest BCUT2D eigenvalue weighted by molar-refractivity contribution is 5.99. The topological polar surface area (TPSA) is 67.2 Å². The molecule has 0 fully saturated rings. The fourth-order valence-corrected chi connectivity index (χ4v) is 2.92. The average molecular weight is 416 g/mol. The molecule has 0 saturated carbocycles. The van der Waals surface area contributed by atoms with Crippen LogP contribution in [0.1, 0.15) is 21.6 Å². The average Bonchev–Trinajstić information content (AvgIpc) is 3.13. The molecule has 2 amide bonds. The van der Waals surface area contributed by atoms with Crippen LogP contribution in [0.2, 0.25) is 0 Å². The molecule has 2 aromatic carbocycles. The van der Waals surface area contributed by atoms with Crippen LogP contribution in [0.4, 0.5) is 18.9 Å². The summed E-state index contributed by atoms with van der Waals surface area (Å²) in [6.45, 7) is 1.50. The molecule has 0 aliphatic heterocycles. The van der Waals surface area contributed by atoms with Gasteiger partial charge >= 0.3 is 6.18 Å². The number of anilines is 1. The Morgan fingerprint density at radius 3 is 2.33 bits per heavy atom. The quantitative estimate of drug-likeness (QED) is 0.686. The number of nitrogens with one attached hydrogen (secondary N) is 1. The molecular formula is C21H19F3N4O2. The number of carbonyl (C=O) groups is 2. The summed E-state index contributed by atoms with van der Waals surface area (Å²) in [6, 6.07) is 13.2. The molecule has 0 atom stereocenters. The minimum absolute atomic E-state index is 0.342. The fourth-order valence-electron chi connectivity index (χ4n) is 2.92. The molecule has 1 heterocycles. The van der Waals surface area contributed by atoms with Gasteiger partial charge in [-0.3, -0.25) is 9.59 Å². The van der Waals surface area contributed by atoms with Crippen LogP contribution < -0.4 is 5.32 Å². The first-order valence-corrected chi connectivity index (χ1v) is 8.99. The molecule has 6 nitrogen and oxygen atoms in total. The summed E-state index contributed by atoms with van der Waals surface area (Å²) in [6.07, 6.45) is -2.93. The van der Waals surface area contributed by atoms with Gasteiger partial charge in [0.25, 0.3) is 5.91 Å². The van der Waals surface area contributed by atoms with Gasteiger partial charge in [-0.2, -0.15) is 18.3 Å². The second-order valence-electron chi connectivity index (χ2n) is 6.68. The molecule has 0 radical (unpaired) electrons. The number of aryl methyl sites for hydroxylation is 1. The van der Waals surface area contributed by atoms with Crippen LogP contribution in [0.15, 0.2) is 60.8 Å². The molecule has 30 heavy (non-hydrogen) atoms. The first-order chi connectivity index (χ1) is 14.2. The number of amides is 2. The number of benzene rings is 2. The maximum absolute atomic E-state index is 13.0. The van der Waals surface area contributed by atoms with Gasteiger partial charge in [-0.1, -0.05) is 12.1 Å². The largest absolute Gasteiger partial charge is 0.418 e. The number of hydrogen-bond donors (Lipinski definition) is 1. The van der Waals surface area contributed by atoms with Crippen LogP contribution >= 0.6 is 0 Å². The number of likely N-dealkylation sites (N-methyl/N-ethyl adjacent to an activating group) is 1. The van der Waals surface area contributed by atoms with Gasteiger partial charge in [-0.25, -0.2) is 4.68 Å². The predicted octanol–water partition coefficient (Wildman–Crippen LogP) is 3.91. The van der Waals surface area contributed by atoms with Crippen molar-refractivity contribution in [1.82, 2.24) is 14.7 Å². The Morgan fingerprint density at radius 1 is 1.07 bits per heavy atom. The Labute approximate surface area is 170 Å². The monoisotopic (exact) mass is 416 g/mol. The van der Waals surface area contributed by atoms with E-state index in [0.717, 1.165) is 22.3 Å². The maximum Gasteiger partial charge on any atom is 0.418 e. The van der Waals surface area contributed by atoms with Crippen molar-refractivity contribution in [2.75, 3.05) is 18.9 Å². The van der Waals surface area contributed by atoms with Crippen LogP contribution in [0.25, 0.3) is 5.69 Å². The molecule has 3 aromatic rings. The summed E-state index contributed by atoms with van der Waals surface area (Å²) in [5.74, 6) is -1.16. The third-order valence-electron chi connectivity index (χ3n) is 4.42. The number of alkyl halides is 3. The summed E-state index contributed by atoms with van der Waals surface area (Å²) >= 11 is 0. The summed E-state index contributed by atoms with van der Waals surface area (Å²) in [7, 11) is 1.41. The second kappa shape index (κ2) is 8.40. The van der Waals surface area contributed by atoms with E-state index in [1.54, 1.807) is 35.1 Å². The van der Waals surface area contributed by atoms with Crippen molar-refractivity contribution in [3.05, 3.63) is 77.6 Å². The van der Waals surface area contributed by atoms with Crippen LogP contribution in [0, 0.1) is 6.92 Å². The van der Waals surface area contributed by atoms with Crippen molar-refractivity contribution in [1.29, 1.82) is 0 Å². The lowest BCUT2D eigenvalue weighted by molar-refractivity contribution is -0.137. The van der Waals surface area contributed by atoms with Gasteiger partial charge in [0.1, 0.15) is 0 Å². The zero-order valence-electron chi connectivity index (χ0n) is 16.3. The molecule has 0 aliphatic rings. The summed E-state index contributed by atoms with van der Waals surface area (Å²) in [5, 5.41) is 6.41. The zero-order valence-corrected chi connectivity index (χ0v) is 16.3. The van der Waals surface area contributed by atoms with Crippen molar-refractivity contribution >= 4 is 17.5 Å². The van der Waals surface area contributed by atoms with Gasteiger partial charge in [-0.15, -0.1) is 0 Å². The third-order valence-corrected chi connectivity index (χ3v) is 4.42. The van der Waals surface area contributed by atoms with Gasteiger partial charge in [0, 0.05) is 24.5 Å². The number of para-hydroxylation sites is 1. The van der Waals surface area contributed by atoms with Crippen LogP contribution in [0.5, 0.6) is 0 Å². The van der Waals surface area contributed by atoms with E-state index >= 15 is 0 Å². The lowest BCUT2D eigenvalue weighted by Crippen LogP contribution is -2.35. The first kappa shape index (κ1) is 21.1. The van der Waals surface area contributed by atoms with E-state index in [0.29, 0.717) is 5.56 Å². The van der Waals surface area contributed by atoms with Crippen LogP contribution in [0.3, 0.4) is 0 Å². The minimum atomic E-state index is -4.60. The van der Waals surface area contributed by atoms with E-state index in [9.17, 15) is 22.8 Å². The standard InChI is InChI=1S/C21H19F3N4O2/c1-14-11-12-25-28(14)16-9-7-15(8-10-16)20(30)27(2)13-19(29)26-18-6-4-3-5-17(18)21(22,23)24/h3-12H,13H2,1-2H3,(H,26,29). The molecule has 1 N–H and O–H groups in total. The van der Waals surface area contributed by atoms with Crippen molar-refractivity contribution < 1.29 is 22.8 Å². The van der Waals surface area contributed by atoms with Crippen molar-refractivity contribution in [2.45, 2.75) is 13.1 Å². The maximum atomic E-state index is 13.0. The highest BCUT2D eigenvalue weighted by Crippen LogP contribution is 2.34. The lowest BCUT2D eigenvalue weighted by Gasteiger charge is -2.18. The molecule has 0 aliphatic carbocycles. The molecule has 3 rings (SSSR count). The van der Waals surface area contributed by atoms with Gasteiger partial charge < -0.3 is 10.2 Å². The number of nitrogens with zero attached hydrogens (tertiary/aromatic N) is 3. The number of aromatic nitrogens is 2. The number of hydrogen-bond acceptors (Lipinski definition) is 3. The number of halogens is 3. The summed E-state index contributed by atoms with van der Waals surface area (Å²) in [5.41, 5.74) is 0.751. The Balaban J connectivity index is 1.66. The van der Waals surface area contributed by atoms with E-state index in [-0.39, 0.29) is 5.69 Å².